The lowest BCUT2D eigenvalue weighted by atomic mass is 9.73. The summed E-state index contributed by atoms with van der Waals surface area (Å²) in [5, 5.41) is 0. The first-order chi connectivity index (χ1) is 11.3. The molecule has 1 saturated carbocycles. The van der Waals surface area contributed by atoms with E-state index >= 15 is 0 Å². The molecule has 1 aromatic rings. The van der Waals surface area contributed by atoms with Crippen molar-refractivity contribution in [2.24, 2.45) is 17.6 Å². The van der Waals surface area contributed by atoms with Gasteiger partial charge in [0.25, 0.3) is 0 Å². The Labute approximate surface area is 144 Å². The molecule has 1 aromatic carbocycles. The summed E-state index contributed by atoms with van der Waals surface area (Å²) in [5.41, 5.74) is 7.63. The largest absolute Gasteiger partial charge is 0.490 e. The fourth-order valence-electron chi connectivity index (χ4n) is 3.57. The van der Waals surface area contributed by atoms with E-state index in [0.29, 0.717) is 18.4 Å². The molecule has 132 valence electrons. The minimum Gasteiger partial charge on any atom is -0.490 e. The number of benzene rings is 1. The van der Waals surface area contributed by atoms with Gasteiger partial charge in [-0.05, 0) is 63.3 Å². The van der Waals surface area contributed by atoms with Crippen molar-refractivity contribution in [1.82, 2.24) is 4.90 Å². The molecule has 1 heterocycles. The third-order valence-corrected chi connectivity index (χ3v) is 4.98. The van der Waals surface area contributed by atoms with Crippen molar-refractivity contribution in [2.75, 3.05) is 13.1 Å². The zero-order chi connectivity index (χ0) is 17.5. The second kappa shape index (κ2) is 6.28. The number of hydrogen-bond donors (Lipinski definition) is 1. The quantitative estimate of drug-likeness (QED) is 0.924. The van der Waals surface area contributed by atoms with E-state index in [1.54, 1.807) is 0 Å². The van der Waals surface area contributed by atoms with E-state index in [4.69, 9.17) is 15.2 Å². The van der Waals surface area contributed by atoms with Crippen LogP contribution in [0.2, 0.25) is 0 Å². The predicted octanol–water partition coefficient (Wildman–Crippen LogP) is 3.09. The van der Waals surface area contributed by atoms with Gasteiger partial charge in [0.15, 0.2) is 0 Å². The van der Waals surface area contributed by atoms with Crippen LogP contribution in [0.15, 0.2) is 18.2 Å². The lowest BCUT2D eigenvalue weighted by Crippen LogP contribution is -2.44. The minimum absolute atomic E-state index is 0.177. The summed E-state index contributed by atoms with van der Waals surface area (Å²) in [5.74, 6) is 1.81. The molecule has 0 bridgehead atoms. The van der Waals surface area contributed by atoms with Crippen molar-refractivity contribution in [2.45, 2.75) is 52.4 Å². The predicted molar refractivity (Wildman–Crippen MR) is 92.9 cm³/mol. The Morgan fingerprint density at radius 3 is 2.75 bits per heavy atom. The number of nitrogens with zero attached hydrogens (tertiary/aromatic N) is 1. The number of carbonyl (C=O) groups excluding carboxylic acids is 1. The van der Waals surface area contributed by atoms with Crippen LogP contribution in [0.25, 0.3) is 0 Å². The Hall–Kier alpha value is -1.75. The molecule has 1 aliphatic carbocycles. The van der Waals surface area contributed by atoms with Crippen LogP contribution in [0.5, 0.6) is 5.75 Å². The summed E-state index contributed by atoms with van der Waals surface area (Å²) in [7, 11) is 0. The molecular formula is C19H28N2O3. The topological polar surface area (TPSA) is 64.8 Å². The van der Waals surface area contributed by atoms with Crippen molar-refractivity contribution in [3.05, 3.63) is 29.3 Å². The Morgan fingerprint density at radius 2 is 2.08 bits per heavy atom. The molecule has 0 radical (unpaired) electrons. The number of ether oxygens (including phenoxy) is 2. The molecule has 3 atom stereocenters. The van der Waals surface area contributed by atoms with Crippen LogP contribution in [0.3, 0.4) is 0 Å². The summed E-state index contributed by atoms with van der Waals surface area (Å²) in [6.45, 7) is 9.77. The molecule has 1 amide bonds. The Kier molecular flexibility index (Phi) is 4.47. The normalized spacial score (nSPS) is 25.9. The number of rotatable bonds is 3. The average molecular weight is 332 g/mol. The highest BCUT2D eigenvalue weighted by molar-refractivity contribution is 5.68. The van der Waals surface area contributed by atoms with E-state index in [-0.39, 0.29) is 12.2 Å². The number of carbonyl (C=O) groups is 1. The smallest absolute Gasteiger partial charge is 0.410 e. The molecule has 0 aromatic heterocycles. The number of hydrogen-bond acceptors (Lipinski definition) is 4. The van der Waals surface area contributed by atoms with E-state index in [1.165, 1.54) is 5.56 Å². The zero-order valence-electron chi connectivity index (χ0n) is 15.0. The van der Waals surface area contributed by atoms with Gasteiger partial charge in [-0.15, -0.1) is 0 Å². The lowest BCUT2D eigenvalue weighted by Gasteiger charge is -2.39. The van der Waals surface area contributed by atoms with E-state index in [2.05, 4.69) is 13.0 Å². The third kappa shape index (κ3) is 3.51. The number of aryl methyl sites for hydroxylation is 1. The second-order valence-corrected chi connectivity index (χ2v) is 7.99. The highest BCUT2D eigenvalue weighted by Crippen LogP contribution is 2.43. The first kappa shape index (κ1) is 17.1. The first-order valence-electron chi connectivity index (χ1n) is 8.71. The van der Waals surface area contributed by atoms with Gasteiger partial charge in [-0.25, -0.2) is 4.79 Å². The van der Waals surface area contributed by atoms with Crippen LogP contribution in [-0.4, -0.2) is 35.8 Å². The maximum Gasteiger partial charge on any atom is 0.410 e. The number of likely N-dealkylation sites (tertiary alicyclic amines) is 1. The molecular weight excluding hydrogens is 304 g/mol. The van der Waals surface area contributed by atoms with Crippen LogP contribution in [0.4, 0.5) is 4.79 Å². The Balaban J connectivity index is 1.58. The number of amides is 1. The van der Waals surface area contributed by atoms with Crippen LogP contribution >= 0.6 is 0 Å². The maximum absolute atomic E-state index is 12.2. The molecule has 2 aliphatic rings. The number of fused-ring (bicyclic) bond motifs is 1. The molecule has 24 heavy (non-hydrogen) atoms. The molecule has 1 aliphatic heterocycles. The van der Waals surface area contributed by atoms with Gasteiger partial charge in [-0.2, -0.15) is 0 Å². The molecule has 5 heteroatoms. The Bertz CT molecular complexity index is 624. The van der Waals surface area contributed by atoms with Gasteiger partial charge in [-0.3, -0.25) is 0 Å². The standard InChI is InChI=1S/C19H28N2O3/c1-12-5-6-15(7-13(12)9-20)23-17-8-14-10-21(11-16(14)17)18(22)24-19(2,3)4/h5-7,14,16-17H,8-11,20H2,1-4H3. The highest BCUT2D eigenvalue weighted by Gasteiger charge is 2.50. The summed E-state index contributed by atoms with van der Waals surface area (Å²) in [6, 6.07) is 6.08. The number of nitrogens with two attached hydrogens (primary N) is 1. The van der Waals surface area contributed by atoms with E-state index in [0.717, 1.165) is 30.8 Å². The van der Waals surface area contributed by atoms with E-state index in [9.17, 15) is 4.79 Å². The van der Waals surface area contributed by atoms with Gasteiger partial charge in [-0.1, -0.05) is 6.07 Å². The van der Waals surface area contributed by atoms with Gasteiger partial charge in [0, 0.05) is 25.6 Å². The maximum atomic E-state index is 12.2. The molecule has 1 saturated heterocycles. The van der Waals surface area contributed by atoms with Crippen molar-refractivity contribution in [1.29, 1.82) is 0 Å². The van der Waals surface area contributed by atoms with Crippen molar-refractivity contribution in [3.63, 3.8) is 0 Å². The summed E-state index contributed by atoms with van der Waals surface area (Å²) in [4.78, 5) is 14.0. The van der Waals surface area contributed by atoms with E-state index in [1.807, 2.05) is 37.8 Å². The fraction of sp³-hybridized carbons (Fsp3) is 0.632. The van der Waals surface area contributed by atoms with Gasteiger partial charge in [0.2, 0.25) is 0 Å². The summed E-state index contributed by atoms with van der Waals surface area (Å²) in [6.07, 6.45) is 0.961. The van der Waals surface area contributed by atoms with Crippen LogP contribution in [-0.2, 0) is 11.3 Å². The minimum atomic E-state index is -0.449. The summed E-state index contributed by atoms with van der Waals surface area (Å²) >= 11 is 0. The van der Waals surface area contributed by atoms with Crippen LogP contribution in [0.1, 0.15) is 38.3 Å². The molecule has 0 spiro atoms. The van der Waals surface area contributed by atoms with Crippen LogP contribution < -0.4 is 10.5 Å². The van der Waals surface area contributed by atoms with Crippen molar-refractivity contribution < 1.29 is 14.3 Å². The van der Waals surface area contributed by atoms with Gasteiger partial charge in [0.05, 0.1) is 0 Å². The fourth-order valence-corrected chi connectivity index (χ4v) is 3.57. The van der Waals surface area contributed by atoms with Gasteiger partial charge in [0.1, 0.15) is 17.5 Å². The summed E-state index contributed by atoms with van der Waals surface area (Å²) < 4.78 is 11.6. The van der Waals surface area contributed by atoms with E-state index < -0.39 is 5.60 Å². The molecule has 2 N–H and O–H groups in total. The van der Waals surface area contributed by atoms with Crippen molar-refractivity contribution in [3.8, 4) is 5.75 Å². The molecule has 3 unspecified atom stereocenters. The van der Waals surface area contributed by atoms with Crippen molar-refractivity contribution >= 4 is 6.09 Å². The monoisotopic (exact) mass is 332 g/mol. The third-order valence-electron chi connectivity index (χ3n) is 4.98. The first-order valence-corrected chi connectivity index (χ1v) is 8.71. The van der Waals surface area contributed by atoms with Gasteiger partial charge >= 0.3 is 6.09 Å². The zero-order valence-corrected chi connectivity index (χ0v) is 15.0. The average Bonchev–Trinajstić information content (AvgIpc) is 2.82. The molecule has 3 rings (SSSR count). The SMILES string of the molecule is Cc1ccc(OC2CC3CN(C(=O)OC(C)(C)C)CC32)cc1CN. The van der Waals surface area contributed by atoms with Gasteiger partial charge < -0.3 is 20.1 Å². The second-order valence-electron chi connectivity index (χ2n) is 7.99. The molecule has 2 fully saturated rings. The lowest BCUT2D eigenvalue weighted by molar-refractivity contribution is 0.0156. The van der Waals surface area contributed by atoms with Crippen LogP contribution in [0, 0.1) is 18.8 Å². The molecule has 5 nitrogen and oxygen atoms in total. The Morgan fingerprint density at radius 1 is 1.33 bits per heavy atom. The highest BCUT2D eigenvalue weighted by atomic mass is 16.6.